The Hall–Kier alpha value is -2.92. The maximum Gasteiger partial charge on any atom is 0.347 e. The van der Waals surface area contributed by atoms with Crippen LogP contribution >= 0.6 is 11.3 Å². The highest BCUT2D eigenvalue weighted by molar-refractivity contribution is 7.13. The average molecular weight is 359 g/mol. The molecule has 0 aliphatic heterocycles. The van der Waals surface area contributed by atoms with Crippen LogP contribution in [0.4, 0.5) is 0 Å². The number of rotatable bonds is 6. The van der Waals surface area contributed by atoms with Gasteiger partial charge in [-0.2, -0.15) is 5.26 Å². The van der Waals surface area contributed by atoms with Crippen molar-refractivity contribution in [1.82, 2.24) is 10.3 Å². The molecule has 2 aromatic rings. The zero-order valence-corrected chi connectivity index (χ0v) is 14.8. The molecule has 2 unspecified atom stereocenters. The van der Waals surface area contributed by atoms with E-state index in [1.165, 1.54) is 0 Å². The molecule has 0 fully saturated rings. The van der Waals surface area contributed by atoms with Gasteiger partial charge in [-0.3, -0.25) is 4.79 Å². The number of nitrogens with one attached hydrogen (secondary N) is 1. The van der Waals surface area contributed by atoms with Gasteiger partial charge in [0.15, 0.2) is 6.10 Å². The van der Waals surface area contributed by atoms with Crippen molar-refractivity contribution in [3.63, 3.8) is 0 Å². The predicted octanol–water partition coefficient (Wildman–Crippen LogP) is 2.67. The number of carbonyl (C=O) groups is 2. The SMILES string of the molecule is Cc1nc(C(C)NC(=O)C(C)Oc2ccccc2C#N)sc1C(=O)O. The summed E-state index contributed by atoms with van der Waals surface area (Å²) in [6.07, 6.45) is -0.822. The highest BCUT2D eigenvalue weighted by Crippen LogP contribution is 2.24. The van der Waals surface area contributed by atoms with Crippen LogP contribution in [0.15, 0.2) is 24.3 Å². The van der Waals surface area contributed by atoms with E-state index < -0.39 is 18.1 Å². The molecule has 7 nitrogen and oxygen atoms in total. The molecular weight excluding hydrogens is 342 g/mol. The average Bonchev–Trinajstić information content (AvgIpc) is 2.97. The van der Waals surface area contributed by atoms with Gasteiger partial charge < -0.3 is 15.2 Å². The van der Waals surface area contributed by atoms with Gasteiger partial charge in [-0.25, -0.2) is 9.78 Å². The van der Waals surface area contributed by atoms with Crippen LogP contribution in [0.25, 0.3) is 0 Å². The summed E-state index contributed by atoms with van der Waals surface area (Å²) in [5, 5.41) is 21.4. The molecule has 0 saturated carbocycles. The number of benzene rings is 1. The number of aryl methyl sites for hydroxylation is 1. The van der Waals surface area contributed by atoms with Crippen LogP contribution in [0.2, 0.25) is 0 Å². The van der Waals surface area contributed by atoms with Crippen molar-refractivity contribution < 1.29 is 19.4 Å². The molecule has 0 radical (unpaired) electrons. The Morgan fingerprint density at radius 1 is 1.36 bits per heavy atom. The highest BCUT2D eigenvalue weighted by atomic mass is 32.1. The van der Waals surface area contributed by atoms with E-state index in [0.717, 1.165) is 11.3 Å². The largest absolute Gasteiger partial charge is 0.480 e. The summed E-state index contributed by atoms with van der Waals surface area (Å²) in [4.78, 5) is 27.7. The van der Waals surface area contributed by atoms with Crippen LogP contribution < -0.4 is 10.1 Å². The molecule has 130 valence electrons. The lowest BCUT2D eigenvalue weighted by Crippen LogP contribution is -2.37. The van der Waals surface area contributed by atoms with Gasteiger partial charge in [-0.1, -0.05) is 12.1 Å². The van der Waals surface area contributed by atoms with Crippen LogP contribution in [0.3, 0.4) is 0 Å². The van der Waals surface area contributed by atoms with Crippen molar-refractivity contribution >= 4 is 23.2 Å². The van der Waals surface area contributed by atoms with Gasteiger partial charge in [-0.15, -0.1) is 11.3 Å². The van der Waals surface area contributed by atoms with E-state index in [1.807, 2.05) is 6.07 Å². The molecule has 1 heterocycles. The maximum absolute atomic E-state index is 12.3. The number of hydrogen-bond donors (Lipinski definition) is 2. The smallest absolute Gasteiger partial charge is 0.347 e. The summed E-state index contributed by atoms with van der Waals surface area (Å²) in [5.41, 5.74) is 0.762. The quantitative estimate of drug-likeness (QED) is 0.820. The molecule has 25 heavy (non-hydrogen) atoms. The first-order valence-electron chi connectivity index (χ1n) is 7.50. The minimum absolute atomic E-state index is 0.156. The number of ether oxygens (including phenoxy) is 1. The Labute approximate surface area is 148 Å². The topological polar surface area (TPSA) is 112 Å². The van der Waals surface area contributed by atoms with Crippen LogP contribution in [0, 0.1) is 18.3 Å². The van der Waals surface area contributed by atoms with E-state index >= 15 is 0 Å². The summed E-state index contributed by atoms with van der Waals surface area (Å²) in [7, 11) is 0. The molecule has 2 rings (SSSR count). The van der Waals surface area contributed by atoms with Crippen LogP contribution in [-0.4, -0.2) is 28.1 Å². The van der Waals surface area contributed by atoms with Gasteiger partial charge in [-0.05, 0) is 32.9 Å². The Bertz CT molecular complexity index is 841. The van der Waals surface area contributed by atoms with E-state index in [1.54, 1.807) is 45.0 Å². The van der Waals surface area contributed by atoms with Crippen molar-refractivity contribution in [2.45, 2.75) is 32.9 Å². The normalized spacial score (nSPS) is 12.7. The number of hydrogen-bond acceptors (Lipinski definition) is 6. The Morgan fingerprint density at radius 2 is 2.04 bits per heavy atom. The number of aromatic nitrogens is 1. The van der Waals surface area contributed by atoms with Crippen LogP contribution in [0.1, 0.15) is 45.8 Å². The Kier molecular flexibility index (Phi) is 5.72. The molecule has 2 N–H and O–H groups in total. The lowest BCUT2D eigenvalue weighted by molar-refractivity contribution is -0.127. The maximum atomic E-state index is 12.3. The van der Waals surface area contributed by atoms with Gasteiger partial charge >= 0.3 is 5.97 Å². The first-order chi connectivity index (χ1) is 11.8. The van der Waals surface area contributed by atoms with E-state index in [4.69, 9.17) is 15.1 Å². The third kappa shape index (κ3) is 4.33. The fourth-order valence-electron chi connectivity index (χ4n) is 2.10. The molecule has 1 aromatic carbocycles. The van der Waals surface area contributed by atoms with Crippen LogP contribution in [0.5, 0.6) is 5.75 Å². The predicted molar refractivity (Wildman–Crippen MR) is 91.6 cm³/mol. The molecule has 1 amide bonds. The molecule has 0 saturated heterocycles. The third-order valence-corrected chi connectivity index (χ3v) is 4.75. The summed E-state index contributed by atoms with van der Waals surface area (Å²) < 4.78 is 5.56. The number of amides is 1. The van der Waals surface area contributed by atoms with Gasteiger partial charge in [0.05, 0.1) is 17.3 Å². The van der Waals surface area contributed by atoms with Crippen molar-refractivity contribution in [2.75, 3.05) is 0 Å². The van der Waals surface area contributed by atoms with E-state index in [-0.39, 0.29) is 10.8 Å². The Balaban J connectivity index is 2.04. The van der Waals surface area contributed by atoms with Gasteiger partial charge in [0.1, 0.15) is 21.7 Å². The lowest BCUT2D eigenvalue weighted by Gasteiger charge is -2.18. The minimum Gasteiger partial charge on any atom is -0.480 e. The summed E-state index contributed by atoms with van der Waals surface area (Å²) in [6.45, 7) is 4.91. The zero-order valence-electron chi connectivity index (χ0n) is 13.9. The van der Waals surface area contributed by atoms with Gasteiger partial charge in [0, 0.05) is 0 Å². The second-order valence-electron chi connectivity index (χ2n) is 5.37. The van der Waals surface area contributed by atoms with E-state index in [2.05, 4.69) is 10.3 Å². The summed E-state index contributed by atoms with van der Waals surface area (Å²) >= 11 is 1.03. The standard InChI is InChI=1S/C17H17N3O4S/c1-9-14(17(22)23)25-16(20-9)10(2)19-15(21)11(3)24-13-7-5-4-6-12(13)8-18/h4-7,10-11H,1-3H3,(H,19,21)(H,22,23). The van der Waals surface area contributed by atoms with Gasteiger partial charge in [0.25, 0.3) is 5.91 Å². The van der Waals surface area contributed by atoms with Crippen molar-refractivity contribution in [3.8, 4) is 11.8 Å². The van der Waals surface area contributed by atoms with Crippen LogP contribution in [-0.2, 0) is 4.79 Å². The number of para-hydroxylation sites is 1. The first kappa shape index (κ1) is 18.4. The summed E-state index contributed by atoms with van der Waals surface area (Å²) in [5.74, 6) is -1.09. The number of carboxylic acids is 1. The molecule has 8 heteroatoms. The highest BCUT2D eigenvalue weighted by Gasteiger charge is 2.22. The minimum atomic E-state index is -1.04. The van der Waals surface area contributed by atoms with Crippen molar-refractivity contribution in [1.29, 1.82) is 5.26 Å². The number of carbonyl (C=O) groups excluding carboxylic acids is 1. The molecule has 2 atom stereocenters. The second-order valence-corrected chi connectivity index (χ2v) is 6.40. The van der Waals surface area contributed by atoms with Gasteiger partial charge in [0.2, 0.25) is 0 Å². The zero-order chi connectivity index (χ0) is 18.6. The fourth-order valence-corrected chi connectivity index (χ4v) is 3.01. The molecular formula is C17H17N3O4S. The molecule has 1 aromatic heterocycles. The Morgan fingerprint density at radius 3 is 2.64 bits per heavy atom. The van der Waals surface area contributed by atoms with E-state index in [0.29, 0.717) is 22.0 Å². The number of nitriles is 1. The molecule has 0 aliphatic carbocycles. The lowest BCUT2D eigenvalue weighted by atomic mass is 10.2. The monoisotopic (exact) mass is 359 g/mol. The van der Waals surface area contributed by atoms with Crippen molar-refractivity contribution in [2.24, 2.45) is 0 Å². The number of aromatic carboxylic acids is 1. The number of nitrogens with zero attached hydrogens (tertiary/aromatic N) is 2. The van der Waals surface area contributed by atoms with Crippen molar-refractivity contribution in [3.05, 3.63) is 45.4 Å². The third-order valence-electron chi connectivity index (χ3n) is 3.42. The summed E-state index contributed by atoms with van der Waals surface area (Å²) in [6, 6.07) is 8.20. The molecule has 0 aliphatic rings. The number of thiazole rings is 1. The molecule has 0 bridgehead atoms. The van der Waals surface area contributed by atoms with E-state index in [9.17, 15) is 9.59 Å². The molecule has 0 spiro atoms. The fraction of sp³-hybridized carbons (Fsp3) is 0.294. The first-order valence-corrected chi connectivity index (χ1v) is 8.32. The number of carboxylic acid groups (broad SMARTS) is 1. The second kappa shape index (κ2) is 7.77.